The Balaban J connectivity index is 1.99. The largest absolute Gasteiger partial charge is 0.466 e. The summed E-state index contributed by atoms with van der Waals surface area (Å²) in [5.74, 6) is -0.195. The molecule has 76 heavy (non-hydrogen) atoms. The number of allylic oxidation sites excluding steroid dienone is 5. The van der Waals surface area contributed by atoms with Crippen LogP contribution in [0, 0.1) is 0 Å². The molecule has 0 aromatic heterocycles. The van der Waals surface area contributed by atoms with Crippen LogP contribution in [0.1, 0.15) is 303 Å². The summed E-state index contributed by atoms with van der Waals surface area (Å²) in [5, 5.41) is 54.2. The first-order valence-electron chi connectivity index (χ1n) is 32.3. The van der Waals surface area contributed by atoms with E-state index in [0.717, 1.165) is 83.5 Å². The lowest BCUT2D eigenvalue weighted by Gasteiger charge is -2.40. The van der Waals surface area contributed by atoms with Crippen LogP contribution in [0.15, 0.2) is 36.5 Å². The van der Waals surface area contributed by atoms with Gasteiger partial charge >= 0.3 is 5.97 Å². The fourth-order valence-corrected chi connectivity index (χ4v) is 10.1. The summed E-state index contributed by atoms with van der Waals surface area (Å²) in [5.41, 5.74) is 0. The number of aliphatic hydroxyl groups is 5. The Labute approximate surface area is 466 Å². The highest BCUT2D eigenvalue weighted by molar-refractivity contribution is 5.76. The van der Waals surface area contributed by atoms with Crippen LogP contribution in [0.4, 0.5) is 0 Å². The SMILES string of the molecule is CCCCCCCCC/C=C/C(O)C(COC1OC(CO)C(O)C(O)C1O)NC(=O)CCCCCCCCC/C=C\C/C=C\CCCCCCCCCCCOC(=O)CCCCCCCCCCCCCCCCCC. The molecule has 6 N–H and O–H groups in total. The zero-order valence-electron chi connectivity index (χ0n) is 49.2. The van der Waals surface area contributed by atoms with Gasteiger partial charge in [-0.15, -0.1) is 0 Å². The molecule has 0 radical (unpaired) electrons. The molecular formula is C65H121NO10. The minimum atomic E-state index is -1.57. The van der Waals surface area contributed by atoms with Gasteiger partial charge in [-0.05, 0) is 64.2 Å². The molecule has 1 heterocycles. The Hall–Kier alpha value is -2.12. The standard InChI is InChI=1S/C65H121NO10/c1-3-5-7-9-11-13-14-15-16-27-30-33-37-41-45-49-53-61(70)74-54-50-46-42-38-34-31-28-25-23-21-19-17-18-20-22-24-26-29-32-36-40-44-48-52-60(69)66-57(58(68)51-47-43-39-35-12-10-8-6-4-2)56-75-65-64(73)63(72)62(71)59(55-67)76-65/h17,19-20,22,47,51,57-59,62-65,67-68,71-73H,3-16,18,21,23-46,48-50,52-56H2,1-2H3,(H,66,69)/b19-17-,22-20-,51-47+. The number of nitrogens with one attached hydrogen (secondary N) is 1. The number of amides is 1. The monoisotopic (exact) mass is 1080 g/mol. The van der Waals surface area contributed by atoms with E-state index in [2.05, 4.69) is 43.5 Å². The number of rotatable bonds is 56. The Bertz CT molecular complexity index is 1360. The van der Waals surface area contributed by atoms with Crippen molar-refractivity contribution in [3.8, 4) is 0 Å². The molecule has 0 aliphatic carbocycles. The summed E-state index contributed by atoms with van der Waals surface area (Å²) in [4.78, 5) is 25.1. The fraction of sp³-hybridized carbons (Fsp3) is 0.877. The molecule has 446 valence electrons. The Morgan fingerprint density at radius 1 is 0.487 bits per heavy atom. The van der Waals surface area contributed by atoms with Gasteiger partial charge < -0.3 is 45.1 Å². The van der Waals surface area contributed by atoms with Crippen molar-refractivity contribution in [2.75, 3.05) is 19.8 Å². The lowest BCUT2D eigenvalue weighted by molar-refractivity contribution is -0.302. The number of hydrogen-bond donors (Lipinski definition) is 6. The number of unbranched alkanes of at least 4 members (excludes halogenated alkanes) is 38. The van der Waals surface area contributed by atoms with Crippen LogP contribution in [0.25, 0.3) is 0 Å². The van der Waals surface area contributed by atoms with E-state index in [1.807, 2.05) is 6.08 Å². The number of hydrogen-bond acceptors (Lipinski definition) is 10. The summed E-state index contributed by atoms with van der Waals surface area (Å²) in [6.45, 7) is 4.32. The summed E-state index contributed by atoms with van der Waals surface area (Å²) in [7, 11) is 0. The molecular weight excluding hydrogens is 955 g/mol. The van der Waals surface area contributed by atoms with E-state index >= 15 is 0 Å². The molecule has 1 saturated heterocycles. The molecule has 1 rings (SSSR count). The number of carbonyl (C=O) groups excluding carboxylic acids is 2. The minimum absolute atomic E-state index is 0.00132. The Morgan fingerprint density at radius 2 is 0.882 bits per heavy atom. The smallest absolute Gasteiger partial charge is 0.305 e. The molecule has 0 saturated carbocycles. The zero-order chi connectivity index (χ0) is 55.2. The third kappa shape index (κ3) is 43.7. The summed E-state index contributed by atoms with van der Waals surface area (Å²) in [6.07, 6.45) is 58.4. The van der Waals surface area contributed by atoms with Crippen LogP contribution in [-0.2, 0) is 23.8 Å². The third-order valence-corrected chi connectivity index (χ3v) is 15.2. The first kappa shape index (κ1) is 71.9. The second-order valence-electron chi connectivity index (χ2n) is 22.5. The van der Waals surface area contributed by atoms with E-state index < -0.39 is 49.5 Å². The molecule has 1 amide bonds. The molecule has 0 aromatic rings. The molecule has 0 bridgehead atoms. The van der Waals surface area contributed by atoms with Crippen LogP contribution in [-0.4, -0.2) is 100 Å². The second-order valence-corrected chi connectivity index (χ2v) is 22.5. The lowest BCUT2D eigenvalue weighted by Crippen LogP contribution is -2.60. The number of aliphatic hydroxyl groups excluding tert-OH is 5. The van der Waals surface area contributed by atoms with Crippen molar-refractivity contribution in [1.29, 1.82) is 0 Å². The highest BCUT2D eigenvalue weighted by atomic mass is 16.7. The number of carbonyl (C=O) groups is 2. The first-order chi connectivity index (χ1) is 37.2. The minimum Gasteiger partial charge on any atom is -0.466 e. The van der Waals surface area contributed by atoms with Crippen molar-refractivity contribution >= 4 is 11.9 Å². The Morgan fingerprint density at radius 3 is 1.33 bits per heavy atom. The van der Waals surface area contributed by atoms with E-state index in [4.69, 9.17) is 14.2 Å². The first-order valence-corrected chi connectivity index (χ1v) is 32.3. The summed E-state index contributed by atoms with van der Waals surface area (Å²) in [6, 6.07) is -0.816. The number of ether oxygens (including phenoxy) is 3. The van der Waals surface area contributed by atoms with Gasteiger partial charge in [0.15, 0.2) is 6.29 Å². The highest BCUT2D eigenvalue weighted by Gasteiger charge is 2.44. The molecule has 11 heteroatoms. The lowest BCUT2D eigenvalue weighted by atomic mass is 9.99. The van der Waals surface area contributed by atoms with Crippen molar-refractivity contribution in [3.05, 3.63) is 36.5 Å². The average molecular weight is 1080 g/mol. The van der Waals surface area contributed by atoms with Crippen molar-refractivity contribution < 1.29 is 49.3 Å². The van der Waals surface area contributed by atoms with Gasteiger partial charge in [0.2, 0.25) is 5.91 Å². The van der Waals surface area contributed by atoms with Gasteiger partial charge in [-0.25, -0.2) is 0 Å². The summed E-state index contributed by atoms with van der Waals surface area (Å²) >= 11 is 0. The van der Waals surface area contributed by atoms with E-state index in [9.17, 15) is 35.1 Å². The highest BCUT2D eigenvalue weighted by Crippen LogP contribution is 2.23. The van der Waals surface area contributed by atoms with Crippen molar-refractivity contribution in [3.63, 3.8) is 0 Å². The van der Waals surface area contributed by atoms with Gasteiger partial charge in [-0.2, -0.15) is 0 Å². The number of esters is 1. The molecule has 1 aliphatic rings. The molecule has 1 aliphatic heterocycles. The normalized spacial score (nSPS) is 18.9. The maximum atomic E-state index is 13.0. The van der Waals surface area contributed by atoms with Crippen LogP contribution in [0.3, 0.4) is 0 Å². The van der Waals surface area contributed by atoms with Crippen LogP contribution in [0.5, 0.6) is 0 Å². The zero-order valence-corrected chi connectivity index (χ0v) is 49.2. The molecule has 7 unspecified atom stereocenters. The average Bonchev–Trinajstić information content (AvgIpc) is 3.42. The van der Waals surface area contributed by atoms with E-state index in [1.54, 1.807) is 6.08 Å². The fourth-order valence-electron chi connectivity index (χ4n) is 10.1. The van der Waals surface area contributed by atoms with Crippen LogP contribution >= 0.6 is 0 Å². The van der Waals surface area contributed by atoms with E-state index in [1.165, 1.54) is 193 Å². The quantitative estimate of drug-likeness (QED) is 0.0195. The van der Waals surface area contributed by atoms with Gasteiger partial charge in [-0.3, -0.25) is 9.59 Å². The maximum Gasteiger partial charge on any atom is 0.305 e. The van der Waals surface area contributed by atoms with Gasteiger partial charge in [0.05, 0.1) is 32.0 Å². The Kier molecular flexibility index (Phi) is 51.9. The molecule has 7 atom stereocenters. The second kappa shape index (κ2) is 54.8. The summed E-state index contributed by atoms with van der Waals surface area (Å²) < 4.78 is 16.7. The van der Waals surface area contributed by atoms with Gasteiger partial charge in [0, 0.05) is 12.8 Å². The van der Waals surface area contributed by atoms with Crippen LogP contribution in [0.2, 0.25) is 0 Å². The topological polar surface area (TPSA) is 175 Å². The molecule has 1 fully saturated rings. The third-order valence-electron chi connectivity index (χ3n) is 15.2. The van der Waals surface area contributed by atoms with Gasteiger partial charge in [0.1, 0.15) is 24.4 Å². The van der Waals surface area contributed by atoms with E-state index in [-0.39, 0.29) is 18.5 Å². The van der Waals surface area contributed by atoms with Gasteiger partial charge in [0.25, 0.3) is 0 Å². The predicted octanol–water partition coefficient (Wildman–Crippen LogP) is 15.5. The molecule has 11 nitrogen and oxygen atoms in total. The van der Waals surface area contributed by atoms with Crippen molar-refractivity contribution in [1.82, 2.24) is 5.32 Å². The van der Waals surface area contributed by atoms with Crippen molar-refractivity contribution in [2.45, 2.75) is 346 Å². The molecule has 0 aromatic carbocycles. The van der Waals surface area contributed by atoms with Crippen LogP contribution < -0.4 is 5.32 Å². The predicted molar refractivity (Wildman–Crippen MR) is 315 cm³/mol. The van der Waals surface area contributed by atoms with Gasteiger partial charge in [-0.1, -0.05) is 262 Å². The maximum absolute atomic E-state index is 13.0. The van der Waals surface area contributed by atoms with E-state index in [0.29, 0.717) is 19.4 Å². The molecule has 0 spiro atoms. The van der Waals surface area contributed by atoms with Crippen molar-refractivity contribution in [2.24, 2.45) is 0 Å².